The van der Waals surface area contributed by atoms with Gasteiger partial charge in [-0.05, 0) is 105 Å². The predicted molar refractivity (Wildman–Crippen MR) is 190 cm³/mol. The number of carbonyl (C=O) groups is 3. The maximum Gasteiger partial charge on any atom is 0.422 e. The van der Waals surface area contributed by atoms with E-state index < -0.39 is 62.9 Å². The highest BCUT2D eigenvalue weighted by atomic mass is 35.5. The van der Waals surface area contributed by atoms with Crippen molar-refractivity contribution in [2.24, 2.45) is 11.8 Å². The van der Waals surface area contributed by atoms with Crippen LogP contribution in [0.2, 0.25) is 5.02 Å². The Morgan fingerprint density at radius 2 is 1.61 bits per heavy atom. The highest BCUT2D eigenvalue weighted by Crippen LogP contribution is 2.57. The molecule has 0 aliphatic heterocycles. The summed E-state index contributed by atoms with van der Waals surface area (Å²) in [6.45, 7) is -1.44. The summed E-state index contributed by atoms with van der Waals surface area (Å²) in [5, 5.41) is 11.7. The number of nitrogens with one attached hydrogen (secondary N) is 5. The standard InChI is InChI=1S/C35H38ClF3N8O6S/c36-23-9-7-22(8-10-23)33(15-16-33)46-31-42-30(43-32(44-31)53-19-35(37,38)39)41-24-11-5-21(6-12-24)28(49)40-17-1-2-27(48)45-34(18-26(34)20-3-4-20)29(50)47-54(51,52)25-13-14-25/h5-12,20,25-26H,1-4,13-19H2,(H,40,49)(H,45,48)(H,47,50)(H2,41,42,43,44,46)/t26-,34+/m0/s1. The van der Waals surface area contributed by atoms with Gasteiger partial charge in [-0.1, -0.05) is 23.7 Å². The van der Waals surface area contributed by atoms with E-state index in [4.69, 9.17) is 16.3 Å². The third-order valence-electron chi connectivity index (χ3n) is 9.92. The molecule has 4 saturated carbocycles. The van der Waals surface area contributed by atoms with Gasteiger partial charge in [-0.2, -0.15) is 28.1 Å². The predicted octanol–water partition coefficient (Wildman–Crippen LogP) is 4.71. The van der Waals surface area contributed by atoms with Crippen molar-refractivity contribution in [2.45, 2.75) is 80.3 Å². The lowest BCUT2D eigenvalue weighted by molar-refractivity contribution is -0.154. The lowest BCUT2D eigenvalue weighted by Gasteiger charge is -2.19. The van der Waals surface area contributed by atoms with Crippen molar-refractivity contribution < 1.29 is 40.7 Å². The van der Waals surface area contributed by atoms with Crippen LogP contribution in [0.4, 0.5) is 30.8 Å². The normalized spacial score (nSPS) is 21.4. The fourth-order valence-electron chi connectivity index (χ4n) is 6.47. The number of aromatic nitrogens is 3. The summed E-state index contributed by atoms with van der Waals surface area (Å²) in [6.07, 6.45) is 0.454. The van der Waals surface area contributed by atoms with Crippen molar-refractivity contribution in [3.8, 4) is 6.01 Å². The van der Waals surface area contributed by atoms with Crippen LogP contribution < -0.4 is 30.7 Å². The number of hydrogen-bond donors (Lipinski definition) is 5. The number of alkyl halides is 3. The van der Waals surface area contributed by atoms with Gasteiger partial charge in [-0.25, -0.2) is 8.42 Å². The van der Waals surface area contributed by atoms with Crippen molar-refractivity contribution in [2.75, 3.05) is 23.8 Å². The fraction of sp³-hybridized carbons (Fsp3) is 0.486. The summed E-state index contributed by atoms with van der Waals surface area (Å²) in [5.74, 6) is -1.37. The van der Waals surface area contributed by atoms with Crippen molar-refractivity contribution in [3.63, 3.8) is 0 Å². The lowest BCUT2D eigenvalue weighted by atomic mass is 10.1. The van der Waals surface area contributed by atoms with E-state index >= 15 is 0 Å². The molecule has 1 aromatic heterocycles. The lowest BCUT2D eigenvalue weighted by Crippen LogP contribution is -2.52. The second kappa shape index (κ2) is 14.5. The second-order valence-electron chi connectivity index (χ2n) is 14.3. The minimum atomic E-state index is -4.61. The van der Waals surface area contributed by atoms with E-state index in [1.54, 1.807) is 24.3 Å². The molecule has 0 radical (unpaired) electrons. The van der Waals surface area contributed by atoms with Gasteiger partial charge in [0.05, 0.1) is 10.8 Å². The van der Waals surface area contributed by atoms with Crippen molar-refractivity contribution in [3.05, 3.63) is 64.7 Å². The molecule has 288 valence electrons. The Labute approximate surface area is 313 Å². The van der Waals surface area contributed by atoms with Crippen molar-refractivity contribution in [1.29, 1.82) is 0 Å². The molecule has 4 fully saturated rings. The Bertz CT molecular complexity index is 2030. The second-order valence-corrected chi connectivity index (χ2v) is 16.7. The number of ether oxygens (including phenoxy) is 1. The molecule has 4 aliphatic carbocycles. The average Bonchev–Trinajstić information content (AvgIpc) is 3.93. The summed E-state index contributed by atoms with van der Waals surface area (Å²) in [4.78, 5) is 51.1. The molecule has 3 aromatic rings. The SMILES string of the molecule is O=C(CCCNC(=O)c1ccc(Nc2nc(NC3(c4ccc(Cl)cc4)CC3)nc(OCC(F)(F)F)n2)cc1)N[C@]1(C(=O)NS(=O)(=O)C2CC2)C[C@H]1C1CC1. The molecule has 7 rings (SSSR count). The summed E-state index contributed by atoms with van der Waals surface area (Å²) in [6, 6.07) is 12.8. The quantitative estimate of drug-likeness (QED) is 0.119. The summed E-state index contributed by atoms with van der Waals surface area (Å²) < 4.78 is 70.6. The van der Waals surface area contributed by atoms with Gasteiger partial charge < -0.3 is 26.0 Å². The van der Waals surface area contributed by atoms with E-state index in [0.29, 0.717) is 41.5 Å². The monoisotopic (exact) mass is 790 g/mol. The van der Waals surface area contributed by atoms with Gasteiger partial charge in [0, 0.05) is 29.2 Å². The summed E-state index contributed by atoms with van der Waals surface area (Å²) in [5.41, 5.74) is -0.110. The van der Waals surface area contributed by atoms with Gasteiger partial charge in [0.25, 0.3) is 11.8 Å². The van der Waals surface area contributed by atoms with Crippen molar-refractivity contribution >= 4 is 56.9 Å². The Balaban J connectivity index is 0.917. The molecule has 4 aliphatic rings. The number of carbonyl (C=O) groups excluding carboxylic acids is 3. The zero-order valence-corrected chi connectivity index (χ0v) is 30.4. The third-order valence-corrected chi connectivity index (χ3v) is 12.0. The van der Waals surface area contributed by atoms with Crippen LogP contribution in [-0.4, -0.2) is 71.2 Å². The van der Waals surface area contributed by atoms with E-state index in [1.807, 2.05) is 12.1 Å². The first-order valence-corrected chi connectivity index (χ1v) is 19.6. The number of nitrogens with zero attached hydrogens (tertiary/aromatic N) is 3. The van der Waals surface area contributed by atoms with Crippen LogP contribution in [0.3, 0.4) is 0 Å². The Morgan fingerprint density at radius 3 is 2.24 bits per heavy atom. The van der Waals surface area contributed by atoms with Gasteiger partial charge in [-0.15, -0.1) is 0 Å². The number of amides is 3. The van der Waals surface area contributed by atoms with E-state index in [0.717, 1.165) is 31.2 Å². The number of hydrogen-bond acceptors (Lipinski definition) is 11. The van der Waals surface area contributed by atoms with E-state index in [-0.39, 0.29) is 37.2 Å². The molecule has 5 N–H and O–H groups in total. The highest BCUT2D eigenvalue weighted by Gasteiger charge is 2.66. The molecule has 14 nitrogen and oxygen atoms in total. The van der Waals surface area contributed by atoms with Gasteiger partial charge in [-0.3, -0.25) is 19.1 Å². The first-order chi connectivity index (χ1) is 25.6. The molecule has 0 saturated heterocycles. The molecular formula is C35H38ClF3N8O6S. The summed E-state index contributed by atoms with van der Waals surface area (Å²) in [7, 11) is -3.75. The number of anilines is 3. The molecule has 0 unspecified atom stereocenters. The van der Waals surface area contributed by atoms with E-state index in [9.17, 15) is 36.0 Å². The first kappa shape index (κ1) is 37.6. The van der Waals surface area contributed by atoms with Gasteiger partial charge in [0.15, 0.2) is 6.61 Å². The van der Waals surface area contributed by atoms with Crippen LogP contribution in [0.15, 0.2) is 48.5 Å². The Kier molecular flexibility index (Phi) is 10.1. The van der Waals surface area contributed by atoms with Gasteiger partial charge >= 0.3 is 12.2 Å². The zero-order chi connectivity index (χ0) is 38.3. The van der Waals surface area contributed by atoms with Crippen LogP contribution >= 0.6 is 11.6 Å². The van der Waals surface area contributed by atoms with Crippen LogP contribution in [0.25, 0.3) is 0 Å². The van der Waals surface area contributed by atoms with Crippen LogP contribution in [0, 0.1) is 11.8 Å². The molecule has 19 heteroatoms. The van der Waals surface area contributed by atoms with Crippen LogP contribution in [0.1, 0.15) is 73.7 Å². The Morgan fingerprint density at radius 1 is 0.926 bits per heavy atom. The number of halogens is 4. The smallest absolute Gasteiger partial charge is 0.422 e. The van der Waals surface area contributed by atoms with Gasteiger partial charge in [0.1, 0.15) is 5.54 Å². The topological polar surface area (TPSA) is 193 Å². The maximum atomic E-state index is 13.0. The molecule has 1 heterocycles. The number of rotatable bonds is 17. The molecule has 54 heavy (non-hydrogen) atoms. The summed E-state index contributed by atoms with van der Waals surface area (Å²) >= 11 is 6.03. The highest BCUT2D eigenvalue weighted by molar-refractivity contribution is 7.91. The Hall–Kier alpha value is -4.71. The molecule has 0 spiro atoms. The maximum absolute atomic E-state index is 13.0. The van der Waals surface area contributed by atoms with Crippen LogP contribution in [0.5, 0.6) is 6.01 Å². The van der Waals surface area contributed by atoms with Gasteiger partial charge in [0.2, 0.25) is 27.8 Å². The fourth-order valence-corrected chi connectivity index (χ4v) is 7.96. The van der Waals surface area contributed by atoms with Crippen LogP contribution in [-0.2, 0) is 25.2 Å². The molecule has 0 bridgehead atoms. The zero-order valence-electron chi connectivity index (χ0n) is 28.8. The van der Waals surface area contributed by atoms with E-state index in [1.165, 1.54) is 12.1 Å². The largest absolute Gasteiger partial charge is 0.454 e. The molecule has 3 amide bonds. The minimum Gasteiger partial charge on any atom is -0.454 e. The molecule has 2 atom stereocenters. The first-order valence-electron chi connectivity index (χ1n) is 17.7. The minimum absolute atomic E-state index is 0.00150. The average molecular weight is 791 g/mol. The van der Waals surface area contributed by atoms with Crippen molar-refractivity contribution in [1.82, 2.24) is 30.3 Å². The number of sulfonamides is 1. The number of benzene rings is 2. The molecule has 2 aromatic carbocycles. The van der Waals surface area contributed by atoms with E-state index in [2.05, 4.69) is 40.9 Å². The molecular weight excluding hydrogens is 753 g/mol. The third kappa shape index (κ3) is 9.14.